The monoisotopic (exact) mass is 456 g/mol. The second-order valence-corrected chi connectivity index (χ2v) is 9.80. The summed E-state index contributed by atoms with van der Waals surface area (Å²) in [5, 5.41) is 3.44. The summed E-state index contributed by atoms with van der Waals surface area (Å²) in [7, 11) is -3.51. The van der Waals surface area contributed by atoms with Crippen LogP contribution in [0.2, 0.25) is 10.0 Å². The maximum atomic E-state index is 12.7. The summed E-state index contributed by atoms with van der Waals surface area (Å²) in [6, 6.07) is 10.8. The van der Waals surface area contributed by atoms with Crippen LogP contribution in [0.25, 0.3) is 0 Å². The van der Waals surface area contributed by atoms with Gasteiger partial charge in [-0.3, -0.25) is 4.79 Å². The third-order valence-corrected chi connectivity index (χ3v) is 7.25. The summed E-state index contributed by atoms with van der Waals surface area (Å²) in [5.74, 6) is 0.530. The number of amides is 1. The zero-order chi connectivity index (χ0) is 21.0. The van der Waals surface area contributed by atoms with Crippen LogP contribution in [0.5, 0.6) is 5.75 Å². The number of hydrogen-bond acceptors (Lipinski definition) is 4. The molecular weight excluding hydrogens is 435 g/mol. The SMILES string of the molecule is CC1CCN(S(=O)(=O)c2ccc(OCC(=O)Nc3cc(Cl)ccc3Cl)cc2)CC1. The van der Waals surface area contributed by atoms with E-state index in [1.165, 1.54) is 16.4 Å². The van der Waals surface area contributed by atoms with Crippen molar-refractivity contribution in [2.24, 2.45) is 5.92 Å². The molecular formula is C20H22Cl2N2O4S. The molecule has 9 heteroatoms. The number of anilines is 1. The van der Waals surface area contributed by atoms with Gasteiger partial charge in [0.25, 0.3) is 5.91 Å². The van der Waals surface area contributed by atoms with Gasteiger partial charge in [0.05, 0.1) is 15.6 Å². The number of nitrogens with zero attached hydrogens (tertiary/aromatic N) is 1. The van der Waals surface area contributed by atoms with Gasteiger partial charge >= 0.3 is 0 Å². The molecule has 0 unspecified atom stereocenters. The van der Waals surface area contributed by atoms with Crippen LogP contribution in [0.3, 0.4) is 0 Å². The quantitative estimate of drug-likeness (QED) is 0.697. The van der Waals surface area contributed by atoms with Crippen molar-refractivity contribution in [2.75, 3.05) is 25.0 Å². The van der Waals surface area contributed by atoms with E-state index in [0.29, 0.717) is 40.5 Å². The molecule has 0 bridgehead atoms. The molecule has 1 N–H and O–H groups in total. The van der Waals surface area contributed by atoms with Crippen molar-refractivity contribution in [3.63, 3.8) is 0 Å². The highest BCUT2D eigenvalue weighted by molar-refractivity contribution is 7.89. The summed E-state index contributed by atoms with van der Waals surface area (Å²) in [6.07, 6.45) is 1.73. The molecule has 0 spiro atoms. The number of carbonyl (C=O) groups is 1. The Labute approximate surface area is 180 Å². The van der Waals surface area contributed by atoms with E-state index in [1.807, 2.05) is 0 Å². The van der Waals surface area contributed by atoms with Gasteiger partial charge in [-0.05, 0) is 61.2 Å². The Kier molecular flexibility index (Phi) is 7.05. The third-order valence-electron chi connectivity index (χ3n) is 4.78. The highest BCUT2D eigenvalue weighted by atomic mass is 35.5. The smallest absolute Gasteiger partial charge is 0.262 e. The van der Waals surface area contributed by atoms with Crippen molar-refractivity contribution in [1.29, 1.82) is 0 Å². The molecule has 29 heavy (non-hydrogen) atoms. The van der Waals surface area contributed by atoms with Crippen LogP contribution in [0, 0.1) is 5.92 Å². The topological polar surface area (TPSA) is 75.7 Å². The summed E-state index contributed by atoms with van der Waals surface area (Å²) in [5.41, 5.74) is 0.394. The standard InChI is InChI=1S/C20H22Cl2N2O4S/c1-14-8-10-24(11-9-14)29(26,27)17-5-3-16(4-6-17)28-13-20(25)23-19-12-15(21)2-7-18(19)22/h2-7,12,14H,8-11,13H2,1H3,(H,23,25). The predicted octanol–water partition coefficient (Wildman–Crippen LogP) is 4.43. The van der Waals surface area contributed by atoms with Crippen molar-refractivity contribution in [3.8, 4) is 5.75 Å². The Morgan fingerprint density at radius 3 is 2.45 bits per heavy atom. The first-order chi connectivity index (χ1) is 13.8. The van der Waals surface area contributed by atoms with Crippen LogP contribution in [0.15, 0.2) is 47.4 Å². The lowest BCUT2D eigenvalue weighted by Crippen LogP contribution is -2.37. The van der Waals surface area contributed by atoms with E-state index in [1.54, 1.807) is 30.3 Å². The van der Waals surface area contributed by atoms with Crippen LogP contribution in [-0.4, -0.2) is 38.3 Å². The third kappa shape index (κ3) is 5.63. The molecule has 0 saturated carbocycles. The normalized spacial score (nSPS) is 15.8. The molecule has 0 radical (unpaired) electrons. The molecule has 0 aliphatic carbocycles. The van der Waals surface area contributed by atoms with Crippen LogP contribution < -0.4 is 10.1 Å². The summed E-state index contributed by atoms with van der Waals surface area (Å²) in [6.45, 7) is 2.95. The van der Waals surface area contributed by atoms with Crippen molar-refractivity contribution < 1.29 is 17.9 Å². The number of nitrogens with one attached hydrogen (secondary N) is 1. The second-order valence-electron chi connectivity index (χ2n) is 7.02. The second kappa shape index (κ2) is 9.34. The maximum absolute atomic E-state index is 12.7. The molecule has 1 fully saturated rings. The molecule has 1 heterocycles. The van der Waals surface area contributed by atoms with Gasteiger partial charge < -0.3 is 10.1 Å². The number of piperidine rings is 1. The number of sulfonamides is 1. The van der Waals surface area contributed by atoms with Gasteiger partial charge in [-0.25, -0.2) is 8.42 Å². The minimum absolute atomic E-state index is 0.217. The molecule has 6 nitrogen and oxygen atoms in total. The van der Waals surface area contributed by atoms with Crippen LogP contribution in [-0.2, 0) is 14.8 Å². The van der Waals surface area contributed by atoms with Gasteiger partial charge in [0.1, 0.15) is 5.75 Å². The van der Waals surface area contributed by atoms with E-state index in [4.69, 9.17) is 27.9 Å². The number of rotatable bonds is 6. The van der Waals surface area contributed by atoms with E-state index >= 15 is 0 Å². The Bertz CT molecular complexity index is 972. The number of benzene rings is 2. The molecule has 1 aliphatic rings. The molecule has 2 aromatic carbocycles. The number of ether oxygens (including phenoxy) is 1. The first-order valence-electron chi connectivity index (χ1n) is 9.23. The lowest BCUT2D eigenvalue weighted by molar-refractivity contribution is -0.118. The highest BCUT2D eigenvalue weighted by Gasteiger charge is 2.27. The molecule has 1 amide bonds. The minimum Gasteiger partial charge on any atom is -0.484 e. The molecule has 156 valence electrons. The van der Waals surface area contributed by atoms with Gasteiger partial charge in [0.2, 0.25) is 10.0 Å². The lowest BCUT2D eigenvalue weighted by atomic mass is 10.0. The average molecular weight is 457 g/mol. The number of halogens is 2. The van der Waals surface area contributed by atoms with Crippen molar-refractivity contribution in [1.82, 2.24) is 4.31 Å². The Hall–Kier alpha value is -1.80. The fraction of sp³-hybridized carbons (Fsp3) is 0.350. The van der Waals surface area contributed by atoms with Gasteiger partial charge in [-0.2, -0.15) is 4.31 Å². The van der Waals surface area contributed by atoms with Crippen LogP contribution in [0.1, 0.15) is 19.8 Å². The fourth-order valence-corrected chi connectivity index (χ4v) is 4.82. The molecule has 1 saturated heterocycles. The first kappa shape index (κ1) is 21.9. The maximum Gasteiger partial charge on any atom is 0.262 e. The predicted molar refractivity (Wildman–Crippen MR) is 114 cm³/mol. The largest absolute Gasteiger partial charge is 0.484 e. The van der Waals surface area contributed by atoms with Gasteiger partial charge in [-0.15, -0.1) is 0 Å². The summed E-state index contributed by atoms with van der Waals surface area (Å²) >= 11 is 11.9. The summed E-state index contributed by atoms with van der Waals surface area (Å²) in [4.78, 5) is 12.3. The zero-order valence-corrected chi connectivity index (χ0v) is 18.2. The molecule has 1 aliphatic heterocycles. The molecule has 0 aromatic heterocycles. The lowest BCUT2D eigenvalue weighted by Gasteiger charge is -2.29. The van der Waals surface area contributed by atoms with E-state index in [-0.39, 0.29) is 11.5 Å². The van der Waals surface area contributed by atoms with Crippen LogP contribution >= 0.6 is 23.2 Å². The Morgan fingerprint density at radius 1 is 1.14 bits per heavy atom. The van der Waals surface area contributed by atoms with Gasteiger partial charge in [0.15, 0.2) is 6.61 Å². The first-order valence-corrected chi connectivity index (χ1v) is 11.4. The number of hydrogen-bond donors (Lipinski definition) is 1. The highest BCUT2D eigenvalue weighted by Crippen LogP contribution is 2.26. The molecule has 2 aromatic rings. The number of carbonyl (C=O) groups excluding carboxylic acids is 1. The van der Waals surface area contributed by atoms with Crippen molar-refractivity contribution in [2.45, 2.75) is 24.7 Å². The summed E-state index contributed by atoms with van der Waals surface area (Å²) < 4.78 is 32.4. The molecule has 3 rings (SSSR count). The van der Waals surface area contributed by atoms with Gasteiger partial charge in [-0.1, -0.05) is 30.1 Å². The van der Waals surface area contributed by atoms with Crippen LogP contribution in [0.4, 0.5) is 5.69 Å². The fourth-order valence-electron chi connectivity index (χ4n) is 3.01. The van der Waals surface area contributed by atoms with Crippen molar-refractivity contribution >= 4 is 44.8 Å². The minimum atomic E-state index is -3.51. The van der Waals surface area contributed by atoms with E-state index in [9.17, 15) is 13.2 Å². The Balaban J connectivity index is 1.57. The van der Waals surface area contributed by atoms with Gasteiger partial charge in [0, 0.05) is 18.1 Å². The van der Waals surface area contributed by atoms with E-state index in [2.05, 4.69) is 12.2 Å². The van der Waals surface area contributed by atoms with Crippen molar-refractivity contribution in [3.05, 3.63) is 52.5 Å². The van der Waals surface area contributed by atoms with E-state index in [0.717, 1.165) is 12.8 Å². The zero-order valence-electron chi connectivity index (χ0n) is 15.9. The average Bonchev–Trinajstić information content (AvgIpc) is 2.70. The Morgan fingerprint density at radius 2 is 1.79 bits per heavy atom. The molecule has 0 atom stereocenters. The van der Waals surface area contributed by atoms with E-state index < -0.39 is 15.9 Å².